The molecule has 2 N–H and O–H groups in total. The highest BCUT2D eigenvalue weighted by Crippen LogP contribution is 2.37. The number of carbonyl (C=O) groups excluding carboxylic acids is 1. The lowest BCUT2D eigenvalue weighted by molar-refractivity contribution is -0.350. The fourth-order valence-electron chi connectivity index (χ4n) is 4.27. The minimum Gasteiger partial charge on any atom is -0.619 e. The van der Waals surface area contributed by atoms with Gasteiger partial charge >= 0.3 is 0 Å². The monoisotopic (exact) mass is 542 g/mol. The van der Waals surface area contributed by atoms with Crippen molar-refractivity contribution in [1.29, 1.82) is 0 Å². The molecular weight excluding hydrogens is 523 g/mol. The maximum Gasteiger partial charge on any atom is 0.282 e. The number of halogens is 2. The quantitative estimate of drug-likeness (QED) is 0.158. The summed E-state index contributed by atoms with van der Waals surface area (Å²) in [5.74, 6) is -1.63. The van der Waals surface area contributed by atoms with Crippen LogP contribution in [0.5, 0.6) is 0 Å². The molecule has 1 fully saturated rings. The molecule has 2 aromatic carbocycles. The lowest BCUT2D eigenvalue weighted by atomic mass is 10.0. The van der Waals surface area contributed by atoms with Gasteiger partial charge in [0.1, 0.15) is 18.2 Å². The highest BCUT2D eigenvalue weighted by Gasteiger charge is 2.38. The number of aromatic nitrogens is 2. The molecule has 2 aromatic heterocycles. The van der Waals surface area contributed by atoms with E-state index in [2.05, 4.69) is 16.4 Å². The van der Waals surface area contributed by atoms with Crippen molar-refractivity contribution in [3.63, 3.8) is 0 Å². The van der Waals surface area contributed by atoms with E-state index in [1.54, 1.807) is 24.3 Å². The number of amides is 1. The summed E-state index contributed by atoms with van der Waals surface area (Å²) in [7, 11) is -3.96. The molecule has 37 heavy (non-hydrogen) atoms. The maximum absolute atomic E-state index is 14.9. The number of hydrogen-bond acceptors (Lipinski definition) is 5. The van der Waals surface area contributed by atoms with E-state index >= 15 is 0 Å². The van der Waals surface area contributed by atoms with E-state index in [4.69, 9.17) is 11.6 Å². The normalized spacial score (nSPS) is 13.6. The molecule has 1 aliphatic carbocycles. The summed E-state index contributed by atoms with van der Waals surface area (Å²) >= 11 is 6.26. The minimum absolute atomic E-state index is 0.0430. The van der Waals surface area contributed by atoms with Crippen molar-refractivity contribution >= 4 is 50.8 Å². The molecule has 0 spiro atoms. The molecule has 0 saturated heterocycles. The summed E-state index contributed by atoms with van der Waals surface area (Å²) in [6.07, 6.45) is 2.28. The summed E-state index contributed by atoms with van der Waals surface area (Å²) in [5.41, 5.74) is 0.0705. The zero-order valence-electron chi connectivity index (χ0n) is 19.2. The van der Waals surface area contributed by atoms with Crippen LogP contribution in [0.2, 0.25) is 5.02 Å². The summed E-state index contributed by atoms with van der Waals surface area (Å²) in [6, 6.07) is 11.4. The SMILES string of the molecule is C=[N+]([O-])c1ccc(F)c(Cn2c(C(=O)NS(=O)(=O)C3CC3)c(-c3ccc[nH]c3=O)c3cc(Cl)ccc32)c1. The number of nitrogens with zero attached hydrogens (tertiary/aromatic N) is 2. The first-order valence-electron chi connectivity index (χ1n) is 11.2. The highest BCUT2D eigenvalue weighted by molar-refractivity contribution is 7.91. The molecule has 0 atom stereocenters. The molecular formula is C25H20ClFN4O5S. The zero-order valence-corrected chi connectivity index (χ0v) is 20.8. The van der Waals surface area contributed by atoms with Crippen molar-refractivity contribution in [3.8, 4) is 11.1 Å². The average Bonchev–Trinajstić information content (AvgIpc) is 3.65. The molecule has 9 nitrogen and oxygen atoms in total. The van der Waals surface area contributed by atoms with Crippen LogP contribution >= 0.6 is 11.6 Å². The van der Waals surface area contributed by atoms with Crippen molar-refractivity contribution in [2.75, 3.05) is 0 Å². The van der Waals surface area contributed by atoms with Crippen LogP contribution in [0.1, 0.15) is 28.9 Å². The number of rotatable bonds is 7. The Morgan fingerprint density at radius 1 is 1.24 bits per heavy atom. The van der Waals surface area contributed by atoms with Crippen LogP contribution in [0.3, 0.4) is 0 Å². The lowest BCUT2D eigenvalue weighted by Gasteiger charge is -2.14. The Morgan fingerprint density at radius 2 is 2.00 bits per heavy atom. The van der Waals surface area contributed by atoms with E-state index in [-0.39, 0.29) is 34.6 Å². The minimum atomic E-state index is -3.96. The molecule has 5 rings (SSSR count). The van der Waals surface area contributed by atoms with Gasteiger partial charge in [0.15, 0.2) is 0 Å². The fourth-order valence-corrected chi connectivity index (χ4v) is 5.72. The van der Waals surface area contributed by atoms with Gasteiger partial charge in [-0.1, -0.05) is 11.6 Å². The first-order chi connectivity index (χ1) is 17.6. The zero-order chi connectivity index (χ0) is 26.5. The standard InChI is InChI=1S/C25H20ClFN4O5S/c1-30(34)16-5-8-20(27)14(11-16)13-31-21-9-4-15(26)12-19(21)22(18-3-2-10-28-24(18)32)23(31)25(33)29-37(35,36)17-6-7-17/h2-5,8-12,17H,1,6-7,13H2,(H,28,32)(H,29,33). The number of H-pyrrole nitrogens is 1. The number of pyridine rings is 1. The van der Waals surface area contributed by atoms with Gasteiger partial charge in [0, 0.05) is 50.9 Å². The molecule has 0 aliphatic heterocycles. The van der Waals surface area contributed by atoms with Gasteiger partial charge in [-0.25, -0.2) is 17.5 Å². The van der Waals surface area contributed by atoms with E-state index in [0.29, 0.717) is 33.5 Å². The van der Waals surface area contributed by atoms with Gasteiger partial charge in [0.2, 0.25) is 15.7 Å². The molecule has 12 heteroatoms. The summed E-state index contributed by atoms with van der Waals surface area (Å²) < 4.78 is 44.0. The predicted octanol–water partition coefficient (Wildman–Crippen LogP) is 3.90. The Morgan fingerprint density at radius 3 is 2.68 bits per heavy atom. The van der Waals surface area contributed by atoms with Gasteiger partial charge in [0.05, 0.1) is 11.8 Å². The molecule has 2 heterocycles. The molecule has 1 saturated carbocycles. The largest absolute Gasteiger partial charge is 0.619 e. The first kappa shape index (κ1) is 24.7. The molecule has 0 bridgehead atoms. The van der Waals surface area contributed by atoms with E-state index in [1.807, 2.05) is 0 Å². The third-order valence-corrected chi connectivity index (χ3v) is 8.23. The summed E-state index contributed by atoms with van der Waals surface area (Å²) in [4.78, 5) is 29.0. The van der Waals surface area contributed by atoms with Gasteiger partial charge in [0.25, 0.3) is 11.5 Å². The van der Waals surface area contributed by atoms with Crippen molar-refractivity contribution in [2.45, 2.75) is 24.6 Å². The topological polar surface area (TPSA) is 127 Å². The third-order valence-electron chi connectivity index (χ3n) is 6.17. The summed E-state index contributed by atoms with van der Waals surface area (Å²) in [6.45, 7) is 3.01. The Balaban J connectivity index is 1.80. The second kappa shape index (κ2) is 9.16. The molecule has 0 unspecified atom stereocenters. The maximum atomic E-state index is 14.9. The third kappa shape index (κ3) is 4.63. The first-order valence-corrected chi connectivity index (χ1v) is 13.1. The van der Waals surface area contributed by atoms with E-state index in [1.165, 1.54) is 29.0 Å². The van der Waals surface area contributed by atoms with Crippen LogP contribution in [-0.2, 0) is 16.6 Å². The van der Waals surface area contributed by atoms with Crippen molar-refractivity contribution in [2.24, 2.45) is 0 Å². The van der Waals surface area contributed by atoms with Crippen molar-refractivity contribution < 1.29 is 22.3 Å². The van der Waals surface area contributed by atoms with Crippen LogP contribution in [0, 0.1) is 11.0 Å². The van der Waals surface area contributed by atoms with Crippen LogP contribution in [-0.4, -0.2) is 40.6 Å². The van der Waals surface area contributed by atoms with Crippen LogP contribution in [0.25, 0.3) is 22.0 Å². The Bertz CT molecular complexity index is 1760. The van der Waals surface area contributed by atoms with Crippen LogP contribution < -0.4 is 10.3 Å². The van der Waals surface area contributed by atoms with Crippen LogP contribution in [0.15, 0.2) is 59.5 Å². The van der Waals surface area contributed by atoms with Gasteiger partial charge in [-0.05, 0) is 49.2 Å². The van der Waals surface area contributed by atoms with E-state index in [0.717, 1.165) is 6.07 Å². The van der Waals surface area contributed by atoms with Crippen molar-refractivity contribution in [3.05, 3.63) is 92.4 Å². The average molecular weight is 543 g/mol. The van der Waals surface area contributed by atoms with Crippen molar-refractivity contribution in [1.82, 2.24) is 14.3 Å². The number of aromatic amines is 1. The van der Waals surface area contributed by atoms with Gasteiger partial charge in [-0.3, -0.25) is 9.59 Å². The number of benzene rings is 2. The van der Waals surface area contributed by atoms with Gasteiger partial charge in [-0.2, -0.15) is 4.74 Å². The molecule has 190 valence electrons. The van der Waals surface area contributed by atoms with Gasteiger partial charge in [-0.15, -0.1) is 0 Å². The summed E-state index contributed by atoms with van der Waals surface area (Å²) in [5, 5.41) is 11.7. The number of fused-ring (bicyclic) bond motifs is 1. The second-order valence-corrected chi connectivity index (χ2v) is 11.1. The number of hydrogen-bond donors (Lipinski definition) is 2. The second-order valence-electron chi connectivity index (χ2n) is 8.71. The Kier molecular flexibility index (Phi) is 6.12. The smallest absolute Gasteiger partial charge is 0.282 e. The van der Waals surface area contributed by atoms with Gasteiger partial charge < -0.3 is 14.8 Å². The number of sulfonamides is 1. The number of carbonyl (C=O) groups is 1. The molecule has 1 amide bonds. The Labute approximate surface area is 215 Å². The molecule has 1 aliphatic rings. The highest BCUT2D eigenvalue weighted by atomic mass is 35.5. The molecule has 0 radical (unpaired) electrons. The van der Waals surface area contributed by atoms with Crippen LogP contribution in [0.4, 0.5) is 10.1 Å². The fraction of sp³-hybridized carbons (Fsp3) is 0.160. The number of nitrogens with one attached hydrogen (secondary N) is 2. The lowest BCUT2D eigenvalue weighted by Crippen LogP contribution is -2.35. The van der Waals surface area contributed by atoms with E-state index in [9.17, 15) is 27.6 Å². The van der Waals surface area contributed by atoms with E-state index < -0.39 is 32.6 Å². The Hall–Kier alpha value is -3.96. The molecule has 4 aromatic rings. The predicted molar refractivity (Wildman–Crippen MR) is 138 cm³/mol.